The molecule has 0 saturated heterocycles. The molecule has 2 rings (SSSR count). The molecule has 28 heavy (non-hydrogen) atoms. The average Bonchev–Trinajstić information content (AvgIpc) is 2.73. The van der Waals surface area contributed by atoms with E-state index in [1.54, 1.807) is 43.5 Å². The highest BCUT2D eigenvalue weighted by Crippen LogP contribution is 2.17. The summed E-state index contributed by atoms with van der Waals surface area (Å²) in [6, 6.07) is 16.3. The van der Waals surface area contributed by atoms with Gasteiger partial charge >= 0.3 is 0 Å². The molecule has 0 heterocycles. The van der Waals surface area contributed by atoms with Crippen molar-refractivity contribution in [3.8, 4) is 5.75 Å². The van der Waals surface area contributed by atoms with Crippen molar-refractivity contribution in [1.29, 1.82) is 0 Å². The van der Waals surface area contributed by atoms with Crippen LogP contribution in [0, 0.1) is 0 Å². The molecular weight excluding hydrogens is 374 g/mol. The molecule has 2 aromatic carbocycles. The van der Waals surface area contributed by atoms with Gasteiger partial charge in [-0.15, -0.1) is 0 Å². The van der Waals surface area contributed by atoms with Crippen LogP contribution in [-0.4, -0.2) is 40.3 Å². The largest absolute Gasteiger partial charge is 0.489 e. The van der Waals surface area contributed by atoms with Crippen molar-refractivity contribution in [2.24, 2.45) is 4.99 Å². The first kappa shape index (κ1) is 21.5. The van der Waals surface area contributed by atoms with Gasteiger partial charge in [-0.25, -0.2) is 8.42 Å². The molecule has 7 heteroatoms. The summed E-state index contributed by atoms with van der Waals surface area (Å²) >= 11 is 0. The van der Waals surface area contributed by atoms with E-state index in [4.69, 9.17) is 4.74 Å². The maximum Gasteiger partial charge on any atom is 0.191 e. The van der Waals surface area contributed by atoms with Crippen LogP contribution < -0.4 is 15.4 Å². The lowest BCUT2D eigenvalue weighted by Crippen LogP contribution is -2.37. The van der Waals surface area contributed by atoms with E-state index in [9.17, 15) is 8.42 Å². The van der Waals surface area contributed by atoms with Gasteiger partial charge in [0.2, 0.25) is 0 Å². The molecule has 0 radical (unpaired) electrons. The Kier molecular flexibility index (Phi) is 8.55. The minimum Gasteiger partial charge on any atom is -0.489 e. The number of aliphatic imine (C=N–C) groups is 1. The Balaban J connectivity index is 1.80. The number of nitrogens with one attached hydrogen (secondary N) is 2. The maximum absolute atomic E-state index is 12.3. The van der Waals surface area contributed by atoms with Crippen LogP contribution in [0.15, 0.2) is 77.1 Å². The number of sulfone groups is 1. The standard InChI is InChI=1S/C21H27N3O3S/c1-3-15-27-20-13-8-7-10-18(20)17-24-21(22-2)23-14-9-16-28(25,26)19-11-5-4-6-12-19/h3-8,10-13H,1,9,14-17H2,2H3,(H2,22,23,24). The third-order valence-electron chi connectivity index (χ3n) is 3.98. The summed E-state index contributed by atoms with van der Waals surface area (Å²) in [5, 5.41) is 6.36. The Labute approximate surface area is 167 Å². The molecule has 2 aromatic rings. The first-order chi connectivity index (χ1) is 13.6. The van der Waals surface area contributed by atoms with Crippen molar-refractivity contribution in [3.05, 3.63) is 72.8 Å². The quantitative estimate of drug-likeness (QED) is 0.277. The molecule has 6 nitrogen and oxygen atoms in total. The van der Waals surface area contributed by atoms with Gasteiger partial charge in [0.25, 0.3) is 0 Å². The van der Waals surface area contributed by atoms with Crippen LogP contribution in [0.4, 0.5) is 0 Å². The second kappa shape index (κ2) is 11.1. The molecule has 0 atom stereocenters. The number of nitrogens with zero attached hydrogens (tertiary/aromatic N) is 1. The van der Waals surface area contributed by atoms with Crippen molar-refractivity contribution in [3.63, 3.8) is 0 Å². The Morgan fingerprint density at radius 2 is 1.82 bits per heavy atom. The van der Waals surface area contributed by atoms with E-state index in [0.29, 0.717) is 37.0 Å². The van der Waals surface area contributed by atoms with Gasteiger partial charge in [-0.2, -0.15) is 0 Å². The predicted octanol–water partition coefficient (Wildman–Crippen LogP) is 2.78. The first-order valence-corrected chi connectivity index (χ1v) is 10.8. The van der Waals surface area contributed by atoms with Crippen LogP contribution in [0.2, 0.25) is 0 Å². The fourth-order valence-electron chi connectivity index (χ4n) is 2.55. The van der Waals surface area contributed by atoms with E-state index >= 15 is 0 Å². The van der Waals surface area contributed by atoms with E-state index in [1.807, 2.05) is 24.3 Å². The highest BCUT2D eigenvalue weighted by atomic mass is 32.2. The summed E-state index contributed by atoms with van der Waals surface area (Å²) in [6.07, 6.45) is 2.19. The van der Waals surface area contributed by atoms with Crippen molar-refractivity contribution in [2.45, 2.75) is 17.9 Å². The van der Waals surface area contributed by atoms with Gasteiger partial charge < -0.3 is 15.4 Å². The minimum absolute atomic E-state index is 0.0826. The van der Waals surface area contributed by atoms with E-state index in [0.717, 1.165) is 11.3 Å². The van der Waals surface area contributed by atoms with Crippen LogP contribution in [0.5, 0.6) is 5.75 Å². The number of hydrogen-bond acceptors (Lipinski definition) is 4. The number of guanidine groups is 1. The molecule has 0 spiro atoms. The molecule has 2 N–H and O–H groups in total. The molecule has 0 fully saturated rings. The fraction of sp³-hybridized carbons (Fsp3) is 0.286. The summed E-state index contributed by atoms with van der Waals surface area (Å²) < 4.78 is 30.2. The van der Waals surface area contributed by atoms with Crippen molar-refractivity contribution >= 4 is 15.8 Å². The monoisotopic (exact) mass is 401 g/mol. The van der Waals surface area contributed by atoms with Crippen LogP contribution in [0.25, 0.3) is 0 Å². The lowest BCUT2D eigenvalue weighted by atomic mass is 10.2. The molecule has 0 aliphatic heterocycles. The summed E-state index contributed by atoms with van der Waals surface area (Å²) in [5.41, 5.74) is 0.999. The van der Waals surface area contributed by atoms with Crippen LogP contribution in [0.1, 0.15) is 12.0 Å². The molecule has 0 aromatic heterocycles. The van der Waals surface area contributed by atoms with Crippen molar-refractivity contribution < 1.29 is 13.2 Å². The molecule has 0 aliphatic carbocycles. The van der Waals surface area contributed by atoms with Crippen molar-refractivity contribution in [2.75, 3.05) is 26.0 Å². The molecule has 0 amide bonds. The second-order valence-corrected chi connectivity index (χ2v) is 8.15. The molecule has 0 saturated carbocycles. The number of para-hydroxylation sites is 1. The Morgan fingerprint density at radius 3 is 2.54 bits per heavy atom. The third kappa shape index (κ3) is 6.74. The number of hydrogen-bond donors (Lipinski definition) is 2. The number of rotatable bonds is 10. The summed E-state index contributed by atoms with van der Waals surface area (Å²) in [5.74, 6) is 1.48. The van der Waals surface area contributed by atoms with Gasteiger partial charge in [0, 0.05) is 25.7 Å². The van der Waals surface area contributed by atoms with Gasteiger partial charge in [0.1, 0.15) is 12.4 Å². The number of ether oxygens (including phenoxy) is 1. The highest BCUT2D eigenvalue weighted by Gasteiger charge is 2.13. The van der Waals surface area contributed by atoms with E-state index in [1.165, 1.54) is 0 Å². The smallest absolute Gasteiger partial charge is 0.191 e. The maximum atomic E-state index is 12.3. The molecule has 150 valence electrons. The summed E-state index contributed by atoms with van der Waals surface area (Å²) in [6.45, 7) is 5.14. The molecular formula is C21H27N3O3S. The third-order valence-corrected chi connectivity index (χ3v) is 5.80. The van der Waals surface area contributed by atoms with Crippen LogP contribution >= 0.6 is 0 Å². The normalized spacial score (nSPS) is 11.7. The summed E-state index contributed by atoms with van der Waals surface area (Å²) in [4.78, 5) is 4.53. The van der Waals surface area contributed by atoms with Gasteiger partial charge in [-0.05, 0) is 24.6 Å². The zero-order chi connectivity index (χ0) is 20.2. The highest BCUT2D eigenvalue weighted by molar-refractivity contribution is 7.91. The molecule has 0 unspecified atom stereocenters. The van der Waals surface area contributed by atoms with Crippen molar-refractivity contribution in [1.82, 2.24) is 10.6 Å². The Bertz CT molecular complexity index is 881. The Hall–Kier alpha value is -2.80. The van der Waals surface area contributed by atoms with E-state index in [2.05, 4.69) is 22.2 Å². The topological polar surface area (TPSA) is 79.8 Å². The fourth-order valence-corrected chi connectivity index (χ4v) is 3.89. The van der Waals surface area contributed by atoms with Crippen LogP contribution in [-0.2, 0) is 16.4 Å². The number of benzene rings is 2. The molecule has 0 aliphatic rings. The Morgan fingerprint density at radius 1 is 1.11 bits per heavy atom. The lowest BCUT2D eigenvalue weighted by molar-refractivity contribution is 0.358. The minimum atomic E-state index is -3.26. The lowest BCUT2D eigenvalue weighted by Gasteiger charge is -2.14. The SMILES string of the molecule is C=CCOc1ccccc1CNC(=NC)NCCCS(=O)(=O)c1ccccc1. The average molecular weight is 402 g/mol. The zero-order valence-electron chi connectivity index (χ0n) is 16.1. The van der Waals surface area contributed by atoms with Gasteiger partial charge in [0.15, 0.2) is 15.8 Å². The zero-order valence-corrected chi connectivity index (χ0v) is 16.9. The van der Waals surface area contributed by atoms with E-state index in [-0.39, 0.29) is 5.75 Å². The van der Waals surface area contributed by atoms with Gasteiger partial charge in [0.05, 0.1) is 10.6 Å². The van der Waals surface area contributed by atoms with Crippen LogP contribution in [0.3, 0.4) is 0 Å². The second-order valence-electron chi connectivity index (χ2n) is 6.05. The predicted molar refractivity (Wildman–Crippen MR) is 113 cm³/mol. The van der Waals surface area contributed by atoms with Gasteiger partial charge in [-0.3, -0.25) is 4.99 Å². The first-order valence-electron chi connectivity index (χ1n) is 9.10. The summed E-state index contributed by atoms with van der Waals surface area (Å²) in [7, 11) is -1.58. The van der Waals surface area contributed by atoms with E-state index < -0.39 is 9.84 Å². The molecule has 0 bridgehead atoms. The van der Waals surface area contributed by atoms with Gasteiger partial charge in [-0.1, -0.05) is 49.1 Å².